The van der Waals surface area contributed by atoms with Gasteiger partial charge < -0.3 is 15.0 Å². The molecule has 2 rings (SSSR count). The molecule has 1 saturated heterocycles. The van der Waals surface area contributed by atoms with Gasteiger partial charge in [-0.05, 0) is 23.6 Å². The van der Waals surface area contributed by atoms with E-state index >= 15 is 0 Å². The molecular formula is C17H22N4O2. The summed E-state index contributed by atoms with van der Waals surface area (Å²) in [6.45, 7) is 3.99. The van der Waals surface area contributed by atoms with Gasteiger partial charge in [0.2, 0.25) is 0 Å². The van der Waals surface area contributed by atoms with Crippen LogP contribution in [0, 0.1) is 23.2 Å². The van der Waals surface area contributed by atoms with Crippen LogP contribution in [0.25, 0.3) is 0 Å². The Morgan fingerprint density at radius 3 is 2.96 bits per heavy atom. The normalized spacial score (nSPS) is 21.0. The van der Waals surface area contributed by atoms with Gasteiger partial charge in [-0.15, -0.1) is 0 Å². The monoisotopic (exact) mass is 314 g/mol. The van der Waals surface area contributed by atoms with Crippen molar-refractivity contribution >= 4 is 11.9 Å². The molecule has 1 N–H and O–H groups in total. The van der Waals surface area contributed by atoms with Crippen molar-refractivity contribution in [2.24, 2.45) is 16.8 Å². The summed E-state index contributed by atoms with van der Waals surface area (Å²) in [6.07, 6.45) is 0. The summed E-state index contributed by atoms with van der Waals surface area (Å²) < 4.78 is 4.86. The van der Waals surface area contributed by atoms with E-state index in [2.05, 4.69) is 21.3 Å². The first-order valence-corrected chi connectivity index (χ1v) is 7.61. The highest BCUT2D eigenvalue weighted by Crippen LogP contribution is 2.24. The summed E-state index contributed by atoms with van der Waals surface area (Å²) in [5.74, 6) is 0.686. The summed E-state index contributed by atoms with van der Waals surface area (Å²) >= 11 is 0. The molecule has 1 aromatic rings. The molecule has 0 aromatic heterocycles. The summed E-state index contributed by atoms with van der Waals surface area (Å²) in [6, 6.07) is 9.59. The van der Waals surface area contributed by atoms with E-state index in [4.69, 9.17) is 10.00 Å². The largest absolute Gasteiger partial charge is 0.469 e. The SMILES string of the molecule is CN=C(NCc1cccc(C#N)c1)N1CC(C)C(C(=O)OC)C1. The molecule has 6 nitrogen and oxygen atoms in total. The van der Waals surface area contributed by atoms with Gasteiger partial charge in [0.05, 0.1) is 24.7 Å². The predicted molar refractivity (Wildman–Crippen MR) is 87.6 cm³/mol. The van der Waals surface area contributed by atoms with Crippen LogP contribution in [-0.4, -0.2) is 44.1 Å². The Bertz CT molecular complexity index is 636. The molecule has 0 radical (unpaired) electrons. The number of hydrogen-bond acceptors (Lipinski definition) is 4. The number of likely N-dealkylation sites (tertiary alicyclic amines) is 1. The minimum absolute atomic E-state index is 0.125. The van der Waals surface area contributed by atoms with Crippen LogP contribution in [0.15, 0.2) is 29.3 Å². The number of carbonyl (C=O) groups is 1. The Morgan fingerprint density at radius 2 is 2.30 bits per heavy atom. The van der Waals surface area contributed by atoms with Crippen LogP contribution in [0.1, 0.15) is 18.1 Å². The summed E-state index contributed by atoms with van der Waals surface area (Å²) in [5, 5.41) is 12.2. The number of nitriles is 1. The third-order valence-electron chi connectivity index (χ3n) is 4.13. The molecule has 6 heteroatoms. The van der Waals surface area contributed by atoms with Crippen LogP contribution >= 0.6 is 0 Å². The maximum absolute atomic E-state index is 11.8. The number of nitrogens with one attached hydrogen (secondary N) is 1. The molecule has 2 unspecified atom stereocenters. The third kappa shape index (κ3) is 4.01. The maximum Gasteiger partial charge on any atom is 0.310 e. The van der Waals surface area contributed by atoms with E-state index in [0.717, 1.165) is 18.1 Å². The number of esters is 1. The Balaban J connectivity index is 1.99. The third-order valence-corrected chi connectivity index (χ3v) is 4.13. The molecule has 23 heavy (non-hydrogen) atoms. The van der Waals surface area contributed by atoms with Crippen molar-refractivity contribution in [3.8, 4) is 6.07 Å². The zero-order valence-electron chi connectivity index (χ0n) is 13.7. The molecular weight excluding hydrogens is 292 g/mol. The number of guanidine groups is 1. The molecule has 1 heterocycles. The molecule has 0 saturated carbocycles. The minimum atomic E-state index is -0.169. The van der Waals surface area contributed by atoms with Gasteiger partial charge in [-0.3, -0.25) is 9.79 Å². The Morgan fingerprint density at radius 1 is 1.52 bits per heavy atom. The van der Waals surface area contributed by atoms with Crippen LogP contribution < -0.4 is 5.32 Å². The number of carbonyl (C=O) groups excluding carboxylic acids is 1. The first kappa shape index (κ1) is 16.8. The van der Waals surface area contributed by atoms with E-state index in [9.17, 15) is 4.79 Å². The second-order valence-corrected chi connectivity index (χ2v) is 5.72. The molecule has 2 atom stereocenters. The second kappa shape index (κ2) is 7.63. The smallest absolute Gasteiger partial charge is 0.310 e. The molecule has 0 bridgehead atoms. The van der Waals surface area contributed by atoms with Gasteiger partial charge in [-0.25, -0.2) is 0 Å². The summed E-state index contributed by atoms with van der Waals surface area (Å²) in [4.78, 5) is 18.2. The highest BCUT2D eigenvalue weighted by atomic mass is 16.5. The highest BCUT2D eigenvalue weighted by Gasteiger charge is 2.36. The first-order valence-electron chi connectivity index (χ1n) is 7.61. The molecule has 0 amide bonds. The molecule has 1 aromatic carbocycles. The van der Waals surface area contributed by atoms with Crippen LogP contribution in [0.5, 0.6) is 0 Å². The quantitative estimate of drug-likeness (QED) is 0.518. The topological polar surface area (TPSA) is 77.7 Å². The van der Waals surface area contributed by atoms with E-state index in [0.29, 0.717) is 18.7 Å². The van der Waals surface area contributed by atoms with Crippen LogP contribution in [0.3, 0.4) is 0 Å². The average Bonchev–Trinajstić information content (AvgIpc) is 2.96. The number of nitrogens with zero attached hydrogens (tertiary/aromatic N) is 3. The Hall–Kier alpha value is -2.55. The zero-order chi connectivity index (χ0) is 16.8. The van der Waals surface area contributed by atoms with E-state index in [1.54, 1.807) is 13.1 Å². The van der Waals surface area contributed by atoms with Crippen molar-refractivity contribution in [2.75, 3.05) is 27.2 Å². The van der Waals surface area contributed by atoms with Crippen molar-refractivity contribution in [2.45, 2.75) is 13.5 Å². The number of hydrogen-bond donors (Lipinski definition) is 1. The van der Waals surface area contributed by atoms with Gasteiger partial charge in [-0.1, -0.05) is 19.1 Å². The fourth-order valence-corrected chi connectivity index (χ4v) is 2.86. The van der Waals surface area contributed by atoms with Gasteiger partial charge in [0.15, 0.2) is 5.96 Å². The molecule has 1 aliphatic heterocycles. The molecule has 0 spiro atoms. The lowest BCUT2D eigenvalue weighted by molar-refractivity contribution is -0.145. The predicted octanol–water partition coefficient (Wildman–Crippen LogP) is 1.37. The van der Waals surface area contributed by atoms with Crippen molar-refractivity contribution in [3.05, 3.63) is 35.4 Å². The summed E-state index contributed by atoms with van der Waals surface area (Å²) in [7, 11) is 3.15. The van der Waals surface area contributed by atoms with E-state index < -0.39 is 0 Å². The van der Waals surface area contributed by atoms with Gasteiger partial charge in [0.25, 0.3) is 0 Å². The molecule has 1 aliphatic rings. The number of benzene rings is 1. The molecule has 1 fully saturated rings. The molecule has 0 aliphatic carbocycles. The fraction of sp³-hybridized carbons (Fsp3) is 0.471. The lowest BCUT2D eigenvalue weighted by atomic mass is 9.99. The van der Waals surface area contributed by atoms with Crippen LogP contribution in [0.2, 0.25) is 0 Å². The van der Waals surface area contributed by atoms with Gasteiger partial charge >= 0.3 is 5.97 Å². The molecule has 122 valence electrons. The second-order valence-electron chi connectivity index (χ2n) is 5.72. The van der Waals surface area contributed by atoms with Crippen molar-refractivity contribution in [1.29, 1.82) is 5.26 Å². The fourth-order valence-electron chi connectivity index (χ4n) is 2.86. The average molecular weight is 314 g/mol. The highest BCUT2D eigenvalue weighted by molar-refractivity contribution is 5.82. The number of rotatable bonds is 3. The van der Waals surface area contributed by atoms with E-state index in [-0.39, 0.29) is 17.8 Å². The van der Waals surface area contributed by atoms with E-state index in [1.165, 1.54) is 7.11 Å². The first-order chi connectivity index (χ1) is 11.1. The Kier molecular flexibility index (Phi) is 5.58. The zero-order valence-corrected chi connectivity index (χ0v) is 13.7. The summed E-state index contributed by atoms with van der Waals surface area (Å²) in [5.41, 5.74) is 1.65. The lowest BCUT2D eigenvalue weighted by Gasteiger charge is -2.21. The number of aliphatic imine (C=N–C) groups is 1. The Labute approximate surface area is 136 Å². The van der Waals surface area contributed by atoms with E-state index in [1.807, 2.05) is 25.1 Å². The van der Waals surface area contributed by atoms with Crippen molar-refractivity contribution in [1.82, 2.24) is 10.2 Å². The van der Waals surface area contributed by atoms with Crippen LogP contribution in [-0.2, 0) is 16.1 Å². The van der Waals surface area contributed by atoms with Gasteiger partial charge in [0, 0.05) is 26.7 Å². The maximum atomic E-state index is 11.8. The van der Waals surface area contributed by atoms with Gasteiger partial charge in [-0.2, -0.15) is 5.26 Å². The van der Waals surface area contributed by atoms with Crippen molar-refractivity contribution in [3.63, 3.8) is 0 Å². The van der Waals surface area contributed by atoms with Crippen molar-refractivity contribution < 1.29 is 9.53 Å². The van der Waals surface area contributed by atoms with Crippen LogP contribution in [0.4, 0.5) is 0 Å². The minimum Gasteiger partial charge on any atom is -0.469 e. The van der Waals surface area contributed by atoms with Gasteiger partial charge in [0.1, 0.15) is 0 Å². The standard InChI is InChI=1S/C17H22N4O2/c1-12-10-21(11-15(12)16(22)23-3)17(19-2)20-9-14-6-4-5-13(7-14)8-18/h4-7,12,15H,9-11H2,1-3H3,(H,19,20). The number of ether oxygens (including phenoxy) is 1. The lowest BCUT2D eigenvalue weighted by Crippen LogP contribution is -2.40. The number of methoxy groups -OCH3 is 1.